The third-order valence-corrected chi connectivity index (χ3v) is 5.50. The first kappa shape index (κ1) is 18.6. The molecule has 28 heavy (non-hydrogen) atoms. The maximum atomic E-state index is 13.2. The fraction of sp³-hybridized carbons (Fsp3) is 0.286. The van der Waals surface area contributed by atoms with Crippen LogP contribution < -0.4 is 0 Å². The van der Waals surface area contributed by atoms with Gasteiger partial charge >= 0.3 is 0 Å². The summed E-state index contributed by atoms with van der Waals surface area (Å²) in [5.74, 6) is 0.420. The number of likely N-dealkylation sites (tertiary alicyclic amines) is 1. The smallest absolute Gasteiger partial charge is 0.257 e. The number of hydrogen-bond acceptors (Lipinski definition) is 4. The number of amides is 1. The van der Waals surface area contributed by atoms with Gasteiger partial charge in [0.05, 0.1) is 0 Å². The zero-order valence-electron chi connectivity index (χ0n) is 15.6. The van der Waals surface area contributed by atoms with E-state index >= 15 is 0 Å². The summed E-state index contributed by atoms with van der Waals surface area (Å²) in [6.07, 6.45) is 0.310. The molecule has 0 spiro atoms. The summed E-state index contributed by atoms with van der Waals surface area (Å²) in [4.78, 5) is 18.6. The van der Waals surface area contributed by atoms with Gasteiger partial charge in [-0.15, -0.1) is 0 Å². The average molecular weight is 400 g/mol. The summed E-state index contributed by atoms with van der Waals surface area (Å²) in [5.41, 5.74) is 3.91. The van der Waals surface area contributed by atoms with Gasteiger partial charge in [0.15, 0.2) is 5.82 Å². The van der Waals surface area contributed by atoms with Gasteiger partial charge in [-0.1, -0.05) is 28.9 Å². The number of nitrogens with zero attached hydrogens (tertiary/aromatic N) is 3. The predicted molar refractivity (Wildman–Crippen MR) is 103 cm³/mol. The van der Waals surface area contributed by atoms with Crippen LogP contribution in [0.15, 0.2) is 40.9 Å². The molecule has 0 N–H and O–H groups in total. The van der Waals surface area contributed by atoms with Crippen LogP contribution in [0.4, 0.5) is 4.39 Å². The van der Waals surface area contributed by atoms with Gasteiger partial charge in [0.25, 0.3) is 5.89 Å². The van der Waals surface area contributed by atoms with Crippen molar-refractivity contribution in [1.29, 1.82) is 0 Å². The Kier molecular flexibility index (Phi) is 4.89. The van der Waals surface area contributed by atoms with Crippen LogP contribution in [0.5, 0.6) is 0 Å². The normalized spacial score (nSPS) is 16.8. The highest BCUT2D eigenvalue weighted by molar-refractivity contribution is 6.31. The zero-order chi connectivity index (χ0) is 19.8. The Labute approximate surface area is 167 Å². The Hall–Kier alpha value is -2.73. The standard InChI is InChI=1S/C21H19ClFN3O2/c1-12-3-4-14(7-13(12)2)21-24-20(25-28-21)16-8-19(27)26(11-16)10-15-5-6-17(23)9-18(15)22/h3-7,9,16H,8,10-11H2,1-2H3. The first-order valence-electron chi connectivity index (χ1n) is 9.03. The van der Waals surface area contributed by atoms with Crippen molar-refractivity contribution in [3.8, 4) is 11.5 Å². The molecule has 1 atom stereocenters. The molecular formula is C21H19ClFN3O2. The minimum atomic E-state index is -0.398. The molecule has 1 saturated heterocycles. The van der Waals surface area contributed by atoms with Crippen molar-refractivity contribution >= 4 is 17.5 Å². The molecule has 2 aromatic carbocycles. The highest BCUT2D eigenvalue weighted by Gasteiger charge is 2.34. The molecule has 1 amide bonds. The van der Waals surface area contributed by atoms with E-state index in [0.717, 1.165) is 11.1 Å². The zero-order valence-corrected chi connectivity index (χ0v) is 16.3. The Bertz CT molecular complexity index is 1050. The Morgan fingerprint density at radius 3 is 2.79 bits per heavy atom. The van der Waals surface area contributed by atoms with Crippen LogP contribution in [-0.4, -0.2) is 27.5 Å². The quantitative estimate of drug-likeness (QED) is 0.640. The van der Waals surface area contributed by atoms with Crippen molar-refractivity contribution in [3.63, 3.8) is 0 Å². The second kappa shape index (κ2) is 7.36. The lowest BCUT2D eigenvalue weighted by Gasteiger charge is -2.17. The first-order chi connectivity index (χ1) is 13.4. The van der Waals surface area contributed by atoms with Crippen LogP contribution in [0, 0.1) is 19.7 Å². The van der Waals surface area contributed by atoms with Crippen LogP contribution in [-0.2, 0) is 11.3 Å². The number of carbonyl (C=O) groups is 1. The Morgan fingerprint density at radius 1 is 1.21 bits per heavy atom. The minimum Gasteiger partial charge on any atom is -0.338 e. The SMILES string of the molecule is Cc1ccc(-c2nc(C3CC(=O)N(Cc4ccc(F)cc4Cl)C3)no2)cc1C. The van der Waals surface area contributed by atoms with E-state index in [1.165, 1.54) is 17.7 Å². The largest absolute Gasteiger partial charge is 0.338 e. The lowest BCUT2D eigenvalue weighted by Crippen LogP contribution is -2.24. The highest BCUT2D eigenvalue weighted by Crippen LogP contribution is 2.30. The van der Waals surface area contributed by atoms with Gasteiger partial charge in [-0.3, -0.25) is 4.79 Å². The van der Waals surface area contributed by atoms with Crippen molar-refractivity contribution in [3.05, 3.63) is 69.8 Å². The van der Waals surface area contributed by atoms with Crippen molar-refractivity contribution in [2.45, 2.75) is 32.7 Å². The van der Waals surface area contributed by atoms with Crippen molar-refractivity contribution in [2.24, 2.45) is 0 Å². The van der Waals surface area contributed by atoms with Crippen molar-refractivity contribution in [1.82, 2.24) is 15.0 Å². The molecule has 2 heterocycles. The van der Waals surface area contributed by atoms with E-state index in [2.05, 4.69) is 10.1 Å². The van der Waals surface area contributed by atoms with Crippen molar-refractivity contribution in [2.75, 3.05) is 6.54 Å². The van der Waals surface area contributed by atoms with Gasteiger partial charge in [0.1, 0.15) is 5.82 Å². The van der Waals surface area contributed by atoms with Gasteiger partial charge in [-0.05, 0) is 54.8 Å². The number of aromatic nitrogens is 2. The number of hydrogen-bond donors (Lipinski definition) is 0. The lowest BCUT2D eigenvalue weighted by molar-refractivity contribution is -0.128. The third kappa shape index (κ3) is 3.64. The maximum Gasteiger partial charge on any atom is 0.257 e. The van der Waals surface area contributed by atoms with E-state index in [0.29, 0.717) is 41.8 Å². The van der Waals surface area contributed by atoms with E-state index in [1.54, 1.807) is 11.0 Å². The molecule has 0 radical (unpaired) electrons. The molecule has 0 bridgehead atoms. The van der Waals surface area contributed by atoms with Crippen LogP contribution in [0.2, 0.25) is 5.02 Å². The molecule has 1 aliphatic rings. The van der Waals surface area contributed by atoms with Crippen molar-refractivity contribution < 1.29 is 13.7 Å². The summed E-state index contributed by atoms with van der Waals surface area (Å²) in [5, 5.41) is 4.40. The van der Waals surface area contributed by atoms with Gasteiger partial charge < -0.3 is 9.42 Å². The van der Waals surface area contributed by atoms with Crippen LogP contribution >= 0.6 is 11.6 Å². The molecular weight excluding hydrogens is 381 g/mol. The summed E-state index contributed by atoms with van der Waals surface area (Å²) >= 11 is 6.09. The molecule has 1 aromatic heterocycles. The first-order valence-corrected chi connectivity index (χ1v) is 9.41. The fourth-order valence-corrected chi connectivity index (χ4v) is 3.57. The Balaban J connectivity index is 1.49. The molecule has 1 aliphatic heterocycles. The van der Waals surface area contributed by atoms with Crippen LogP contribution in [0.1, 0.15) is 34.9 Å². The number of benzene rings is 2. The number of carbonyl (C=O) groups excluding carboxylic acids is 1. The molecule has 144 valence electrons. The van der Waals surface area contributed by atoms with E-state index in [9.17, 15) is 9.18 Å². The van der Waals surface area contributed by atoms with Gasteiger partial charge in [-0.25, -0.2) is 4.39 Å². The fourth-order valence-electron chi connectivity index (χ4n) is 3.35. The second-order valence-electron chi connectivity index (χ2n) is 7.17. The number of halogens is 2. The summed E-state index contributed by atoms with van der Waals surface area (Å²) in [6, 6.07) is 10.2. The molecule has 4 rings (SSSR count). The molecule has 7 heteroatoms. The number of rotatable bonds is 4. The van der Waals surface area contributed by atoms with Crippen LogP contribution in [0.25, 0.3) is 11.5 Å². The maximum absolute atomic E-state index is 13.2. The summed E-state index contributed by atoms with van der Waals surface area (Å²) in [6.45, 7) is 4.88. The average Bonchev–Trinajstić information content (AvgIpc) is 3.27. The van der Waals surface area contributed by atoms with E-state index in [-0.39, 0.29) is 11.8 Å². The molecule has 0 aliphatic carbocycles. The van der Waals surface area contributed by atoms with Crippen LogP contribution in [0.3, 0.4) is 0 Å². The van der Waals surface area contributed by atoms with Gasteiger partial charge in [0, 0.05) is 36.0 Å². The monoisotopic (exact) mass is 399 g/mol. The molecule has 1 fully saturated rings. The minimum absolute atomic E-state index is 0.0112. The molecule has 5 nitrogen and oxygen atoms in total. The predicted octanol–water partition coefficient (Wildman–Crippen LogP) is 4.66. The van der Waals surface area contributed by atoms with E-state index < -0.39 is 5.82 Å². The topological polar surface area (TPSA) is 59.2 Å². The molecule has 3 aromatic rings. The van der Waals surface area contributed by atoms with Gasteiger partial charge in [0.2, 0.25) is 5.91 Å². The third-order valence-electron chi connectivity index (χ3n) is 5.15. The summed E-state index contributed by atoms with van der Waals surface area (Å²) < 4.78 is 18.6. The lowest BCUT2D eigenvalue weighted by atomic mass is 10.1. The van der Waals surface area contributed by atoms with Gasteiger partial charge in [-0.2, -0.15) is 4.98 Å². The summed E-state index contributed by atoms with van der Waals surface area (Å²) in [7, 11) is 0. The Morgan fingerprint density at radius 2 is 2.04 bits per heavy atom. The van der Waals surface area contributed by atoms with E-state index in [1.807, 2.05) is 32.0 Å². The number of aryl methyl sites for hydroxylation is 2. The van der Waals surface area contributed by atoms with E-state index in [4.69, 9.17) is 16.1 Å². The molecule has 0 saturated carbocycles. The highest BCUT2D eigenvalue weighted by atomic mass is 35.5. The second-order valence-corrected chi connectivity index (χ2v) is 7.58. The molecule has 1 unspecified atom stereocenters.